The van der Waals surface area contributed by atoms with E-state index >= 15 is 0 Å². The zero-order chi connectivity index (χ0) is 30.9. The number of likely N-dealkylation sites (tertiary alicyclic amines) is 1. The van der Waals surface area contributed by atoms with Gasteiger partial charge in [-0.05, 0) is 24.2 Å². The number of carbonyl (C=O) groups excluding carboxylic acids is 7. The summed E-state index contributed by atoms with van der Waals surface area (Å²) in [5, 5.41) is 12.0. The van der Waals surface area contributed by atoms with Crippen LogP contribution in [0.2, 0.25) is 0 Å². The van der Waals surface area contributed by atoms with Gasteiger partial charge in [0, 0.05) is 32.9 Å². The molecule has 230 valence electrons. The Hall–Kier alpha value is -3.94. The number of unbranched alkanes of at least 4 members (excludes halogenated alkanes) is 2. The van der Waals surface area contributed by atoms with Gasteiger partial charge in [0.15, 0.2) is 0 Å². The molecule has 0 aromatic heterocycles. The molecule has 1 heterocycles. The van der Waals surface area contributed by atoms with Gasteiger partial charge in [-0.1, -0.05) is 43.7 Å². The fourth-order valence-corrected chi connectivity index (χ4v) is 5.08. The number of carbonyl (C=O) groups is 7. The number of benzene rings is 1. The van der Waals surface area contributed by atoms with E-state index in [0.717, 1.165) is 11.3 Å². The average molecular weight is 605 g/mol. The van der Waals surface area contributed by atoms with Crippen molar-refractivity contribution in [1.29, 1.82) is 0 Å². The predicted octanol–water partition coefficient (Wildman–Crippen LogP) is -0.750. The molecule has 1 saturated heterocycles. The van der Waals surface area contributed by atoms with Crippen molar-refractivity contribution in [2.75, 3.05) is 39.0 Å². The summed E-state index contributed by atoms with van der Waals surface area (Å²) in [6.07, 6.45) is 2.37. The fraction of sp³-hybridized carbons (Fsp3) is 0.536. The molecule has 1 aliphatic rings. The van der Waals surface area contributed by atoms with E-state index < -0.39 is 36.2 Å². The molecule has 13 nitrogen and oxygen atoms in total. The van der Waals surface area contributed by atoms with Crippen LogP contribution in [0.25, 0.3) is 0 Å². The monoisotopic (exact) mass is 604 g/mol. The average Bonchev–Trinajstić information content (AvgIpc) is 3.25. The summed E-state index contributed by atoms with van der Waals surface area (Å²) < 4.78 is 0. The van der Waals surface area contributed by atoms with Crippen LogP contribution < -0.4 is 26.6 Å². The molecule has 7 amide bonds. The van der Waals surface area contributed by atoms with Crippen LogP contribution in [-0.2, 0) is 40.0 Å². The number of hydrogen-bond donors (Lipinski definition) is 5. The number of nitrogens with zero attached hydrogens (tertiary/aromatic N) is 1. The van der Waals surface area contributed by atoms with E-state index in [4.69, 9.17) is 0 Å². The molecule has 0 bridgehead atoms. The molecule has 0 radical (unpaired) electrons. The van der Waals surface area contributed by atoms with Crippen molar-refractivity contribution < 1.29 is 33.6 Å². The Balaban J connectivity index is 1.66. The molecule has 2 atom stereocenters. The first-order valence-electron chi connectivity index (χ1n) is 13.9. The van der Waals surface area contributed by atoms with Gasteiger partial charge in [0.1, 0.15) is 6.04 Å². The van der Waals surface area contributed by atoms with Gasteiger partial charge in [-0.3, -0.25) is 38.5 Å². The summed E-state index contributed by atoms with van der Waals surface area (Å²) in [5.41, 5.74) is 0.794. The van der Waals surface area contributed by atoms with E-state index in [1.165, 1.54) is 23.7 Å². The smallest absolute Gasteiger partial charge is 0.243 e. The van der Waals surface area contributed by atoms with Crippen molar-refractivity contribution in [3.63, 3.8) is 0 Å². The summed E-state index contributed by atoms with van der Waals surface area (Å²) in [7, 11) is 1.44. The molecule has 5 N–H and O–H groups in total. The maximum atomic E-state index is 12.6. The third kappa shape index (κ3) is 12.3. The molecule has 2 rings (SSSR count). The summed E-state index contributed by atoms with van der Waals surface area (Å²) in [6.45, 7) is 1.31. The van der Waals surface area contributed by atoms with Gasteiger partial charge in [-0.2, -0.15) is 0 Å². The second kappa shape index (κ2) is 18.5. The molecule has 1 aliphatic heterocycles. The Morgan fingerprint density at radius 3 is 2.24 bits per heavy atom. The maximum absolute atomic E-state index is 12.6. The van der Waals surface area contributed by atoms with Crippen molar-refractivity contribution in [3.8, 4) is 0 Å². The van der Waals surface area contributed by atoms with Crippen molar-refractivity contribution >= 4 is 53.1 Å². The molecular formula is C28H40N6O7S. The minimum Gasteiger partial charge on any atom is -0.358 e. The van der Waals surface area contributed by atoms with E-state index in [-0.39, 0.29) is 55.3 Å². The minimum atomic E-state index is -0.973. The number of nitrogens with one attached hydrogen (secondary N) is 5. The Morgan fingerprint density at radius 2 is 1.55 bits per heavy atom. The molecule has 0 spiro atoms. The molecular weight excluding hydrogens is 564 g/mol. The maximum Gasteiger partial charge on any atom is 0.243 e. The quantitative estimate of drug-likeness (QED) is 0.107. The van der Waals surface area contributed by atoms with E-state index in [0.29, 0.717) is 25.8 Å². The summed E-state index contributed by atoms with van der Waals surface area (Å²) in [5.74, 6) is -1.98. The third-order valence-corrected chi connectivity index (χ3v) is 7.49. The number of thioether (sulfide) groups is 1. The highest BCUT2D eigenvalue weighted by atomic mass is 32.2. The second-order valence-corrected chi connectivity index (χ2v) is 11.1. The van der Waals surface area contributed by atoms with Gasteiger partial charge in [0.2, 0.25) is 41.4 Å². The summed E-state index contributed by atoms with van der Waals surface area (Å²) in [6, 6.07) is 8.04. The van der Waals surface area contributed by atoms with E-state index in [1.54, 1.807) is 24.3 Å². The Labute approximate surface area is 249 Å². The zero-order valence-electron chi connectivity index (χ0n) is 24.0. The van der Waals surface area contributed by atoms with Gasteiger partial charge in [-0.15, -0.1) is 11.8 Å². The lowest BCUT2D eigenvalue weighted by atomic mass is 10.1. The topological polar surface area (TPSA) is 183 Å². The number of likely N-dealkylation sites (N-methyl/N-ethyl adjacent to an activating group) is 1. The molecule has 42 heavy (non-hydrogen) atoms. The van der Waals surface area contributed by atoms with E-state index in [9.17, 15) is 33.6 Å². The molecule has 0 saturated carbocycles. The Bertz CT molecular complexity index is 1120. The number of amides is 7. The zero-order valence-corrected chi connectivity index (χ0v) is 24.8. The van der Waals surface area contributed by atoms with Crippen LogP contribution in [0, 0.1) is 0 Å². The van der Waals surface area contributed by atoms with Crippen LogP contribution in [-0.4, -0.2) is 96.5 Å². The third-order valence-electron chi connectivity index (χ3n) is 6.38. The molecule has 1 unspecified atom stereocenters. The fourth-order valence-electron chi connectivity index (χ4n) is 4.14. The molecule has 14 heteroatoms. The van der Waals surface area contributed by atoms with Gasteiger partial charge in [0.05, 0.1) is 24.9 Å². The summed E-state index contributed by atoms with van der Waals surface area (Å²) >= 11 is 1.47. The lowest BCUT2D eigenvalue weighted by Crippen LogP contribution is -2.52. The Morgan fingerprint density at radius 1 is 0.881 bits per heavy atom. The van der Waals surface area contributed by atoms with Crippen molar-refractivity contribution in [1.82, 2.24) is 31.5 Å². The van der Waals surface area contributed by atoms with E-state index in [1.807, 2.05) is 13.0 Å². The first-order chi connectivity index (χ1) is 20.1. The molecule has 1 aromatic rings. The van der Waals surface area contributed by atoms with Gasteiger partial charge < -0.3 is 26.6 Å². The second-order valence-electron chi connectivity index (χ2n) is 9.60. The minimum absolute atomic E-state index is 0.139. The first kappa shape index (κ1) is 34.3. The SMILES string of the molecule is CCSC1CC(=O)N(CCCCCC(=O)NCC(=O)NCC(=O)N[C@@H](Cc2ccccc2)C(=O)NCC(=O)NC)C1=O. The number of rotatable bonds is 18. The van der Waals surface area contributed by atoms with Crippen LogP contribution in [0.4, 0.5) is 0 Å². The molecule has 0 aliphatic carbocycles. The molecule has 1 aromatic carbocycles. The highest BCUT2D eigenvalue weighted by Gasteiger charge is 2.37. The van der Waals surface area contributed by atoms with Crippen LogP contribution in [0.5, 0.6) is 0 Å². The van der Waals surface area contributed by atoms with Crippen LogP contribution in [0.15, 0.2) is 30.3 Å². The highest BCUT2D eigenvalue weighted by Crippen LogP contribution is 2.25. The number of hydrogen-bond acceptors (Lipinski definition) is 8. The van der Waals surface area contributed by atoms with Crippen molar-refractivity contribution in [2.24, 2.45) is 0 Å². The normalized spacial score (nSPS) is 15.1. The lowest BCUT2D eigenvalue weighted by Gasteiger charge is -2.19. The largest absolute Gasteiger partial charge is 0.358 e. The predicted molar refractivity (Wildman–Crippen MR) is 157 cm³/mol. The Kier molecular flexibility index (Phi) is 15.1. The molecule has 1 fully saturated rings. The van der Waals surface area contributed by atoms with E-state index in [2.05, 4.69) is 26.6 Å². The number of imide groups is 1. The van der Waals surface area contributed by atoms with Gasteiger partial charge in [-0.25, -0.2) is 0 Å². The van der Waals surface area contributed by atoms with Crippen LogP contribution >= 0.6 is 11.8 Å². The summed E-state index contributed by atoms with van der Waals surface area (Å²) in [4.78, 5) is 86.4. The standard InChI is InChI=1S/C28H40N6O7S/c1-3-42-21-15-26(39)34(28(21)41)13-9-5-8-12-22(35)30-17-24(37)31-18-25(38)33-20(14-19-10-6-4-7-11-19)27(40)32-16-23(36)29-2/h4,6-7,10-11,20-21H,3,5,8-9,12-18H2,1-2H3,(H,29,36)(H,30,35)(H,31,37)(H,32,40)(H,33,38)/t20-,21?/m0/s1. The van der Waals surface area contributed by atoms with Gasteiger partial charge >= 0.3 is 0 Å². The lowest BCUT2D eigenvalue weighted by molar-refractivity contribution is -0.138. The van der Waals surface area contributed by atoms with Crippen molar-refractivity contribution in [3.05, 3.63) is 35.9 Å². The van der Waals surface area contributed by atoms with Crippen LogP contribution in [0.3, 0.4) is 0 Å². The van der Waals surface area contributed by atoms with Crippen molar-refractivity contribution in [2.45, 2.75) is 56.7 Å². The first-order valence-corrected chi connectivity index (χ1v) is 15.0. The van der Waals surface area contributed by atoms with Crippen LogP contribution in [0.1, 0.15) is 44.6 Å². The van der Waals surface area contributed by atoms with Gasteiger partial charge in [0.25, 0.3) is 0 Å². The highest BCUT2D eigenvalue weighted by molar-refractivity contribution is 8.00.